The van der Waals surface area contributed by atoms with E-state index >= 15 is 0 Å². The molecular weight excluding hydrogens is 254 g/mol. The Morgan fingerprint density at radius 2 is 2.33 bits per heavy atom. The molecule has 2 aromatic rings. The first-order valence-electron chi connectivity index (χ1n) is 5.37. The van der Waals surface area contributed by atoms with E-state index < -0.39 is 5.97 Å². The summed E-state index contributed by atoms with van der Waals surface area (Å²) in [6.45, 7) is 4.06. The molecule has 0 bridgehead atoms. The second kappa shape index (κ2) is 5.21. The van der Waals surface area contributed by atoms with E-state index in [4.69, 9.17) is 5.11 Å². The van der Waals surface area contributed by atoms with Gasteiger partial charge in [0.15, 0.2) is 5.16 Å². The van der Waals surface area contributed by atoms with Gasteiger partial charge in [0.05, 0.1) is 17.6 Å². The number of carboxylic acids is 1. The first kappa shape index (κ1) is 12.6. The highest BCUT2D eigenvalue weighted by Crippen LogP contribution is 2.19. The summed E-state index contributed by atoms with van der Waals surface area (Å²) < 4.78 is 3.54. The summed E-state index contributed by atoms with van der Waals surface area (Å²) >= 11 is 1.13. The number of carbonyl (C=O) groups is 1. The minimum Gasteiger partial charge on any atom is -0.481 e. The topological polar surface area (TPSA) is 85.8 Å². The van der Waals surface area contributed by atoms with Crippen LogP contribution in [0, 0.1) is 0 Å². The molecule has 96 valence electrons. The molecule has 0 saturated heterocycles. The van der Waals surface area contributed by atoms with E-state index in [1.54, 1.807) is 17.1 Å². The Morgan fingerprint density at radius 3 is 2.94 bits per heavy atom. The fraction of sp³-hybridized carbons (Fsp3) is 0.400. The van der Waals surface area contributed by atoms with Gasteiger partial charge < -0.3 is 5.11 Å². The molecule has 0 radical (unpaired) electrons. The number of aromatic nitrogens is 5. The van der Waals surface area contributed by atoms with E-state index in [9.17, 15) is 4.79 Å². The molecule has 7 nitrogen and oxygen atoms in total. The average Bonchev–Trinajstić information content (AvgIpc) is 2.94. The molecule has 0 aliphatic carbocycles. The zero-order chi connectivity index (χ0) is 13.1. The van der Waals surface area contributed by atoms with Crippen molar-refractivity contribution in [1.82, 2.24) is 24.5 Å². The van der Waals surface area contributed by atoms with E-state index in [2.05, 4.69) is 15.3 Å². The average molecular weight is 267 g/mol. The summed E-state index contributed by atoms with van der Waals surface area (Å²) in [5.41, 5.74) is 0.821. The summed E-state index contributed by atoms with van der Waals surface area (Å²) in [4.78, 5) is 10.5. The second-order valence-corrected chi connectivity index (χ2v) is 4.88. The van der Waals surface area contributed by atoms with E-state index in [1.165, 1.54) is 0 Å². The third-order valence-corrected chi connectivity index (χ3v) is 3.16. The van der Waals surface area contributed by atoms with Gasteiger partial charge in [-0.3, -0.25) is 14.0 Å². The van der Waals surface area contributed by atoms with Crippen molar-refractivity contribution in [3.63, 3.8) is 0 Å². The van der Waals surface area contributed by atoms with Crippen LogP contribution in [0.25, 0.3) is 5.69 Å². The van der Waals surface area contributed by atoms with Crippen LogP contribution in [0.1, 0.15) is 19.9 Å². The highest BCUT2D eigenvalue weighted by Gasteiger charge is 2.11. The summed E-state index contributed by atoms with van der Waals surface area (Å²) in [7, 11) is 0. The quantitative estimate of drug-likeness (QED) is 0.820. The molecule has 0 fully saturated rings. The lowest BCUT2D eigenvalue weighted by atomic mass is 10.4. The largest absolute Gasteiger partial charge is 0.481 e. The van der Waals surface area contributed by atoms with Crippen LogP contribution in [-0.4, -0.2) is 41.4 Å². The third-order valence-electron chi connectivity index (χ3n) is 2.24. The highest BCUT2D eigenvalue weighted by molar-refractivity contribution is 7.99. The summed E-state index contributed by atoms with van der Waals surface area (Å²) in [5.74, 6) is -0.927. The molecular formula is C10H13N5O2S. The Hall–Kier alpha value is -1.83. The minimum absolute atomic E-state index is 0.0446. The van der Waals surface area contributed by atoms with Gasteiger partial charge in [-0.2, -0.15) is 5.10 Å². The third kappa shape index (κ3) is 2.70. The predicted molar refractivity (Wildman–Crippen MR) is 65.9 cm³/mol. The molecule has 1 N–H and O–H groups in total. The van der Waals surface area contributed by atoms with Crippen molar-refractivity contribution in [3.05, 3.63) is 18.7 Å². The molecule has 2 aromatic heterocycles. The van der Waals surface area contributed by atoms with Crippen LogP contribution < -0.4 is 0 Å². The van der Waals surface area contributed by atoms with Crippen molar-refractivity contribution >= 4 is 17.7 Å². The lowest BCUT2D eigenvalue weighted by Crippen LogP contribution is -2.02. The number of hydrogen-bond acceptors (Lipinski definition) is 5. The van der Waals surface area contributed by atoms with Gasteiger partial charge in [-0.1, -0.05) is 11.8 Å². The number of rotatable bonds is 5. The molecule has 8 heteroatoms. The van der Waals surface area contributed by atoms with Gasteiger partial charge in [0.1, 0.15) is 6.33 Å². The monoisotopic (exact) mass is 267 g/mol. The van der Waals surface area contributed by atoms with Crippen LogP contribution in [0.4, 0.5) is 0 Å². The Bertz CT molecular complexity index is 548. The maximum absolute atomic E-state index is 10.5. The van der Waals surface area contributed by atoms with Crippen molar-refractivity contribution in [2.75, 3.05) is 5.75 Å². The van der Waals surface area contributed by atoms with E-state index in [-0.39, 0.29) is 11.8 Å². The standard InChI is InChI=1S/C10H13N5O2S/c1-7(2)15-4-8(3-12-15)14-6-11-13-10(14)18-5-9(16)17/h3-4,6-7H,5H2,1-2H3,(H,16,17). The van der Waals surface area contributed by atoms with Crippen LogP contribution in [0.15, 0.2) is 23.9 Å². The molecule has 0 amide bonds. The smallest absolute Gasteiger partial charge is 0.313 e. The summed E-state index contributed by atoms with van der Waals surface area (Å²) in [5, 5.41) is 21.1. The predicted octanol–water partition coefficient (Wildman–Crippen LogP) is 1.22. The van der Waals surface area contributed by atoms with Crippen molar-refractivity contribution in [3.8, 4) is 5.69 Å². The molecule has 0 saturated carbocycles. The van der Waals surface area contributed by atoms with E-state index in [0.717, 1.165) is 17.4 Å². The Balaban J connectivity index is 2.21. The van der Waals surface area contributed by atoms with Gasteiger partial charge >= 0.3 is 5.97 Å². The lowest BCUT2D eigenvalue weighted by molar-refractivity contribution is -0.133. The van der Waals surface area contributed by atoms with Crippen LogP contribution >= 0.6 is 11.8 Å². The van der Waals surface area contributed by atoms with Crippen LogP contribution in [-0.2, 0) is 4.79 Å². The van der Waals surface area contributed by atoms with Gasteiger partial charge in [0.2, 0.25) is 0 Å². The molecule has 0 aromatic carbocycles. The fourth-order valence-electron chi connectivity index (χ4n) is 1.36. The lowest BCUT2D eigenvalue weighted by Gasteiger charge is -2.04. The highest BCUT2D eigenvalue weighted by atomic mass is 32.2. The van der Waals surface area contributed by atoms with E-state index in [0.29, 0.717) is 5.16 Å². The number of thioether (sulfide) groups is 1. The van der Waals surface area contributed by atoms with Crippen LogP contribution in [0.5, 0.6) is 0 Å². The number of aliphatic carboxylic acids is 1. The first-order chi connectivity index (χ1) is 8.58. The van der Waals surface area contributed by atoms with Gasteiger partial charge in [-0.15, -0.1) is 10.2 Å². The molecule has 0 aliphatic rings. The molecule has 0 aliphatic heterocycles. The molecule has 0 spiro atoms. The number of nitrogens with zero attached hydrogens (tertiary/aromatic N) is 5. The summed E-state index contributed by atoms with van der Waals surface area (Å²) in [6.07, 6.45) is 5.12. The van der Waals surface area contributed by atoms with E-state index in [1.807, 2.05) is 24.7 Å². The van der Waals surface area contributed by atoms with Gasteiger partial charge in [0.25, 0.3) is 0 Å². The summed E-state index contributed by atoms with van der Waals surface area (Å²) in [6, 6.07) is 0.269. The van der Waals surface area contributed by atoms with Crippen molar-refractivity contribution in [1.29, 1.82) is 0 Å². The van der Waals surface area contributed by atoms with Crippen molar-refractivity contribution < 1.29 is 9.90 Å². The molecule has 2 rings (SSSR count). The molecule has 0 atom stereocenters. The Labute approximate surface area is 108 Å². The molecule has 2 heterocycles. The minimum atomic E-state index is -0.882. The molecule has 0 unspecified atom stereocenters. The van der Waals surface area contributed by atoms with Crippen molar-refractivity contribution in [2.45, 2.75) is 25.0 Å². The second-order valence-electron chi connectivity index (χ2n) is 3.94. The number of hydrogen-bond donors (Lipinski definition) is 1. The Kier molecular flexibility index (Phi) is 3.66. The van der Waals surface area contributed by atoms with Gasteiger partial charge in [0, 0.05) is 12.2 Å². The maximum atomic E-state index is 10.5. The SMILES string of the molecule is CC(C)n1cc(-n2cnnc2SCC(=O)O)cn1. The van der Waals surface area contributed by atoms with Crippen molar-refractivity contribution in [2.24, 2.45) is 0 Å². The zero-order valence-corrected chi connectivity index (χ0v) is 10.8. The molecule has 18 heavy (non-hydrogen) atoms. The Morgan fingerprint density at radius 1 is 1.56 bits per heavy atom. The fourth-order valence-corrected chi connectivity index (χ4v) is 2.01. The van der Waals surface area contributed by atoms with Gasteiger partial charge in [-0.25, -0.2) is 0 Å². The van der Waals surface area contributed by atoms with Crippen LogP contribution in [0.3, 0.4) is 0 Å². The van der Waals surface area contributed by atoms with Gasteiger partial charge in [-0.05, 0) is 13.8 Å². The maximum Gasteiger partial charge on any atom is 0.313 e. The van der Waals surface area contributed by atoms with Crippen LogP contribution in [0.2, 0.25) is 0 Å². The normalized spacial score (nSPS) is 11.1. The number of carboxylic acid groups (broad SMARTS) is 1. The zero-order valence-electron chi connectivity index (χ0n) is 10.0. The first-order valence-corrected chi connectivity index (χ1v) is 6.35.